The monoisotopic (exact) mass is 324 g/mol. The van der Waals surface area contributed by atoms with E-state index in [1.807, 2.05) is 0 Å². The fourth-order valence-corrected chi connectivity index (χ4v) is 2.10. The zero-order valence-electron chi connectivity index (χ0n) is 5.92. The third-order valence-electron chi connectivity index (χ3n) is 1.29. The lowest BCUT2D eigenvalue weighted by molar-refractivity contribution is -0.140. The van der Waals surface area contributed by atoms with Crippen molar-refractivity contribution in [2.24, 2.45) is 0 Å². The number of hydrogen-bond acceptors (Lipinski definition) is 0. The molecular weight excluding hydrogens is 322 g/mol. The van der Waals surface area contributed by atoms with Gasteiger partial charge in [-0.1, -0.05) is 11.6 Å². The van der Waals surface area contributed by atoms with E-state index in [-0.39, 0.29) is 8.59 Å². The summed E-state index contributed by atoms with van der Waals surface area (Å²) >= 11 is 6.75. The maximum Gasteiger partial charge on any atom is 0.420 e. The summed E-state index contributed by atoms with van der Waals surface area (Å²) in [5.74, 6) is -1.34. The molecule has 0 saturated carbocycles. The number of halogens is 6. The second-order valence-corrected chi connectivity index (χ2v) is 3.84. The van der Waals surface area contributed by atoms with E-state index in [9.17, 15) is 17.6 Å². The molecular formula is C7H2ClF4I. The van der Waals surface area contributed by atoms with Gasteiger partial charge >= 0.3 is 6.18 Å². The normalized spacial score (nSPS) is 11.8. The molecule has 13 heavy (non-hydrogen) atoms. The largest absolute Gasteiger partial charge is 0.420 e. The molecule has 1 aromatic rings. The van der Waals surface area contributed by atoms with Crippen LogP contribution in [0, 0.1) is 9.39 Å². The topological polar surface area (TPSA) is 0 Å². The van der Waals surface area contributed by atoms with Crippen molar-refractivity contribution in [2.45, 2.75) is 6.18 Å². The van der Waals surface area contributed by atoms with Crippen molar-refractivity contribution in [3.05, 3.63) is 32.1 Å². The van der Waals surface area contributed by atoms with Crippen LogP contribution in [0.15, 0.2) is 12.1 Å². The highest BCUT2D eigenvalue weighted by molar-refractivity contribution is 14.1. The van der Waals surface area contributed by atoms with Gasteiger partial charge in [-0.3, -0.25) is 0 Å². The molecule has 0 N–H and O–H groups in total. The Balaban J connectivity index is 3.38. The van der Waals surface area contributed by atoms with Gasteiger partial charge in [-0.05, 0) is 34.7 Å². The molecule has 0 aliphatic rings. The highest BCUT2D eigenvalue weighted by atomic mass is 127. The molecule has 0 fully saturated rings. The molecule has 0 aliphatic heterocycles. The minimum atomic E-state index is -4.68. The van der Waals surface area contributed by atoms with Crippen LogP contribution in [0.5, 0.6) is 0 Å². The van der Waals surface area contributed by atoms with E-state index in [0.29, 0.717) is 6.07 Å². The molecule has 0 nitrogen and oxygen atoms in total. The smallest absolute Gasteiger partial charge is 0.206 e. The molecule has 0 atom stereocenters. The van der Waals surface area contributed by atoms with Gasteiger partial charge in [0.2, 0.25) is 0 Å². The van der Waals surface area contributed by atoms with Crippen molar-refractivity contribution in [2.75, 3.05) is 0 Å². The van der Waals surface area contributed by atoms with Crippen LogP contribution >= 0.6 is 34.2 Å². The maximum atomic E-state index is 12.8. The third-order valence-corrected chi connectivity index (χ3v) is 2.36. The van der Waals surface area contributed by atoms with E-state index in [0.717, 1.165) is 6.07 Å². The molecule has 0 heterocycles. The SMILES string of the molecule is Fc1cc(Cl)cc(I)c1C(F)(F)F. The highest BCUT2D eigenvalue weighted by Crippen LogP contribution is 2.36. The Morgan fingerprint density at radius 2 is 1.77 bits per heavy atom. The van der Waals surface area contributed by atoms with Crippen LogP contribution in [-0.2, 0) is 6.18 Å². The van der Waals surface area contributed by atoms with Crippen molar-refractivity contribution in [3.63, 3.8) is 0 Å². The molecule has 0 radical (unpaired) electrons. The predicted molar refractivity (Wildman–Crippen MR) is 49.1 cm³/mol. The Kier molecular flexibility index (Phi) is 3.06. The molecule has 0 aromatic heterocycles. The Bertz CT molecular complexity index is 311. The summed E-state index contributed by atoms with van der Waals surface area (Å²) in [5, 5.41) is -0.0464. The number of alkyl halides is 3. The van der Waals surface area contributed by atoms with Gasteiger partial charge in [0.15, 0.2) is 0 Å². The van der Waals surface area contributed by atoms with Crippen LogP contribution in [0.3, 0.4) is 0 Å². The molecule has 0 spiro atoms. The van der Waals surface area contributed by atoms with Crippen molar-refractivity contribution in [3.8, 4) is 0 Å². The van der Waals surface area contributed by atoms with Gasteiger partial charge in [0, 0.05) is 8.59 Å². The lowest BCUT2D eigenvalue weighted by Gasteiger charge is -2.10. The van der Waals surface area contributed by atoms with Gasteiger partial charge in [0.25, 0.3) is 0 Å². The van der Waals surface area contributed by atoms with Gasteiger partial charge in [-0.15, -0.1) is 0 Å². The molecule has 0 aliphatic carbocycles. The lowest BCUT2D eigenvalue weighted by Crippen LogP contribution is -2.10. The van der Waals surface area contributed by atoms with E-state index in [4.69, 9.17) is 11.6 Å². The zero-order chi connectivity index (χ0) is 10.2. The van der Waals surface area contributed by atoms with Gasteiger partial charge in [0.1, 0.15) is 11.4 Å². The zero-order valence-corrected chi connectivity index (χ0v) is 8.84. The quantitative estimate of drug-likeness (QED) is 0.498. The number of hydrogen-bond donors (Lipinski definition) is 0. The van der Waals surface area contributed by atoms with Crippen molar-refractivity contribution in [1.29, 1.82) is 0 Å². The van der Waals surface area contributed by atoms with E-state index in [1.54, 1.807) is 0 Å². The fourth-order valence-electron chi connectivity index (χ4n) is 0.813. The highest BCUT2D eigenvalue weighted by Gasteiger charge is 2.36. The van der Waals surface area contributed by atoms with Crippen LogP contribution in [-0.4, -0.2) is 0 Å². The number of rotatable bonds is 0. The second-order valence-electron chi connectivity index (χ2n) is 2.24. The summed E-state index contributed by atoms with van der Waals surface area (Å²) in [4.78, 5) is 0. The summed E-state index contributed by atoms with van der Waals surface area (Å²) in [6, 6.07) is 1.71. The Labute approximate surface area is 90.0 Å². The van der Waals surface area contributed by atoms with Crippen molar-refractivity contribution < 1.29 is 17.6 Å². The minimum absolute atomic E-state index is 0.0464. The molecule has 1 rings (SSSR count). The average molecular weight is 324 g/mol. The summed E-state index contributed by atoms with van der Waals surface area (Å²) in [5.41, 5.74) is -1.27. The third kappa shape index (κ3) is 2.46. The lowest BCUT2D eigenvalue weighted by atomic mass is 10.2. The van der Waals surface area contributed by atoms with Crippen LogP contribution in [0.4, 0.5) is 17.6 Å². The van der Waals surface area contributed by atoms with E-state index in [2.05, 4.69) is 0 Å². The van der Waals surface area contributed by atoms with Crippen LogP contribution in [0.25, 0.3) is 0 Å². The summed E-state index contributed by atoms with van der Waals surface area (Å²) in [7, 11) is 0. The molecule has 0 amide bonds. The fraction of sp³-hybridized carbons (Fsp3) is 0.143. The van der Waals surface area contributed by atoms with Crippen molar-refractivity contribution in [1.82, 2.24) is 0 Å². The Morgan fingerprint density at radius 1 is 1.23 bits per heavy atom. The summed E-state index contributed by atoms with van der Waals surface area (Å²) in [6.07, 6.45) is -4.68. The van der Waals surface area contributed by atoms with Gasteiger partial charge in [0.05, 0.1) is 0 Å². The molecule has 0 saturated heterocycles. The minimum Gasteiger partial charge on any atom is -0.206 e. The Hall–Kier alpha value is -0.0400. The van der Waals surface area contributed by atoms with Gasteiger partial charge < -0.3 is 0 Å². The summed E-state index contributed by atoms with van der Waals surface area (Å²) in [6.45, 7) is 0. The predicted octanol–water partition coefficient (Wildman–Crippen LogP) is 4.10. The van der Waals surface area contributed by atoms with E-state index >= 15 is 0 Å². The summed E-state index contributed by atoms with van der Waals surface area (Å²) < 4.78 is 49.0. The molecule has 0 unspecified atom stereocenters. The standard InChI is InChI=1S/C7H2ClF4I/c8-3-1-4(9)6(5(13)2-3)7(10,11)12/h1-2H. The van der Waals surface area contributed by atoms with E-state index in [1.165, 1.54) is 22.6 Å². The van der Waals surface area contributed by atoms with Crippen molar-refractivity contribution >= 4 is 34.2 Å². The van der Waals surface area contributed by atoms with Crippen LogP contribution in [0.2, 0.25) is 5.02 Å². The second kappa shape index (κ2) is 3.61. The van der Waals surface area contributed by atoms with Crippen LogP contribution in [0.1, 0.15) is 5.56 Å². The first kappa shape index (κ1) is 11.0. The Morgan fingerprint density at radius 3 is 2.15 bits per heavy atom. The molecule has 72 valence electrons. The number of benzene rings is 1. The van der Waals surface area contributed by atoms with E-state index < -0.39 is 17.6 Å². The average Bonchev–Trinajstić information content (AvgIpc) is 1.78. The maximum absolute atomic E-state index is 12.8. The first-order chi connectivity index (χ1) is 5.82. The van der Waals surface area contributed by atoms with Crippen LogP contribution < -0.4 is 0 Å². The van der Waals surface area contributed by atoms with Gasteiger partial charge in [-0.25, -0.2) is 4.39 Å². The first-order valence-electron chi connectivity index (χ1n) is 3.04. The molecule has 6 heteroatoms. The molecule has 0 bridgehead atoms. The van der Waals surface area contributed by atoms with Gasteiger partial charge in [-0.2, -0.15) is 13.2 Å². The first-order valence-corrected chi connectivity index (χ1v) is 4.50. The molecule has 1 aromatic carbocycles.